The Bertz CT molecular complexity index is 372. The number of hydrogen-bond acceptors (Lipinski definition) is 4. The first-order valence-electron chi connectivity index (χ1n) is 5.16. The summed E-state index contributed by atoms with van der Waals surface area (Å²) in [6.07, 6.45) is -0.597. The van der Waals surface area contributed by atoms with Crippen molar-refractivity contribution in [2.24, 2.45) is 0 Å². The van der Waals surface area contributed by atoms with Crippen LogP contribution < -0.4 is 0 Å². The van der Waals surface area contributed by atoms with Crippen molar-refractivity contribution in [3.63, 3.8) is 0 Å². The Morgan fingerprint density at radius 1 is 1.50 bits per heavy atom. The smallest absolute Gasteiger partial charge is 0.340 e. The number of esters is 1. The van der Waals surface area contributed by atoms with Gasteiger partial charge in [0, 0.05) is 0 Å². The van der Waals surface area contributed by atoms with Crippen molar-refractivity contribution in [3.8, 4) is 0 Å². The zero-order chi connectivity index (χ0) is 11.6. The molecular formula is C12H14O4. The molecule has 0 unspecified atom stereocenters. The fraction of sp³-hybridized carbons (Fsp3) is 0.417. The maximum Gasteiger partial charge on any atom is 0.340 e. The molecule has 1 fully saturated rings. The molecule has 1 aliphatic rings. The average molecular weight is 222 g/mol. The number of benzene rings is 1. The molecule has 1 saturated heterocycles. The van der Waals surface area contributed by atoms with Crippen LogP contribution in [0.4, 0.5) is 0 Å². The van der Waals surface area contributed by atoms with Crippen LogP contribution in [0.5, 0.6) is 0 Å². The van der Waals surface area contributed by atoms with Crippen LogP contribution in [-0.4, -0.2) is 29.4 Å². The van der Waals surface area contributed by atoms with Gasteiger partial charge in [0.15, 0.2) is 5.60 Å². The van der Waals surface area contributed by atoms with E-state index >= 15 is 0 Å². The van der Waals surface area contributed by atoms with Crippen LogP contribution in [-0.2, 0) is 20.9 Å². The Hall–Kier alpha value is -1.39. The second-order valence-corrected chi connectivity index (χ2v) is 4.03. The van der Waals surface area contributed by atoms with E-state index in [4.69, 9.17) is 9.47 Å². The second-order valence-electron chi connectivity index (χ2n) is 4.03. The summed E-state index contributed by atoms with van der Waals surface area (Å²) in [6, 6.07) is 9.58. The van der Waals surface area contributed by atoms with Crippen molar-refractivity contribution >= 4 is 5.97 Å². The molecule has 4 heteroatoms. The van der Waals surface area contributed by atoms with Crippen molar-refractivity contribution in [2.45, 2.75) is 25.2 Å². The Kier molecular flexibility index (Phi) is 2.94. The minimum Gasteiger partial charge on any atom is -0.461 e. The van der Waals surface area contributed by atoms with Crippen molar-refractivity contribution in [3.05, 3.63) is 35.9 Å². The number of carbonyl (C=O) groups excluding carboxylic acids is 1. The highest BCUT2D eigenvalue weighted by atomic mass is 16.6. The van der Waals surface area contributed by atoms with Crippen LogP contribution in [0.15, 0.2) is 30.3 Å². The highest BCUT2D eigenvalue weighted by Crippen LogP contribution is 2.23. The Morgan fingerprint density at radius 2 is 2.19 bits per heavy atom. The lowest BCUT2D eigenvalue weighted by molar-refractivity contribution is -0.155. The predicted octanol–water partition coefficient (Wildman–Crippen LogP) is 0.880. The van der Waals surface area contributed by atoms with Gasteiger partial charge >= 0.3 is 5.97 Å². The van der Waals surface area contributed by atoms with Crippen LogP contribution in [0.1, 0.15) is 12.5 Å². The maximum absolute atomic E-state index is 11.2. The van der Waals surface area contributed by atoms with E-state index in [0.29, 0.717) is 6.61 Å². The van der Waals surface area contributed by atoms with E-state index in [1.165, 1.54) is 6.92 Å². The van der Waals surface area contributed by atoms with E-state index < -0.39 is 17.7 Å². The molecule has 4 nitrogen and oxygen atoms in total. The third kappa shape index (κ3) is 2.08. The van der Waals surface area contributed by atoms with Gasteiger partial charge in [-0.15, -0.1) is 0 Å². The fourth-order valence-electron chi connectivity index (χ4n) is 1.57. The standard InChI is InChI=1S/C12H14O4/c1-12(14)10(8-16-11(12)13)15-7-9-5-3-2-4-6-9/h2-6,10,14H,7-8H2,1H3/t10-,12-/m0/s1. The van der Waals surface area contributed by atoms with Crippen LogP contribution in [0.2, 0.25) is 0 Å². The van der Waals surface area contributed by atoms with Crippen LogP contribution in [0.25, 0.3) is 0 Å². The number of carbonyl (C=O) groups is 1. The van der Waals surface area contributed by atoms with Crippen molar-refractivity contribution in [2.75, 3.05) is 6.61 Å². The Balaban J connectivity index is 1.94. The number of rotatable bonds is 3. The topological polar surface area (TPSA) is 55.8 Å². The van der Waals surface area contributed by atoms with Crippen LogP contribution in [0.3, 0.4) is 0 Å². The molecule has 1 heterocycles. The summed E-state index contributed by atoms with van der Waals surface area (Å²) in [6.45, 7) is 1.88. The van der Waals surface area contributed by atoms with Crippen molar-refractivity contribution < 1.29 is 19.4 Å². The third-order valence-corrected chi connectivity index (χ3v) is 2.70. The van der Waals surface area contributed by atoms with Crippen molar-refractivity contribution in [1.82, 2.24) is 0 Å². The molecule has 0 aromatic heterocycles. The lowest BCUT2D eigenvalue weighted by Crippen LogP contribution is -2.42. The van der Waals surface area contributed by atoms with Gasteiger partial charge in [0.1, 0.15) is 12.7 Å². The summed E-state index contributed by atoms with van der Waals surface area (Å²) in [5.74, 6) is -0.620. The molecule has 2 rings (SSSR count). The van der Waals surface area contributed by atoms with Gasteiger partial charge in [-0.05, 0) is 12.5 Å². The molecule has 1 aromatic carbocycles. The van der Waals surface area contributed by atoms with E-state index in [-0.39, 0.29) is 6.61 Å². The Morgan fingerprint density at radius 3 is 2.75 bits per heavy atom. The lowest BCUT2D eigenvalue weighted by atomic mass is 10.0. The number of hydrogen-bond donors (Lipinski definition) is 1. The summed E-state index contributed by atoms with van der Waals surface area (Å²) in [4.78, 5) is 11.2. The zero-order valence-electron chi connectivity index (χ0n) is 9.05. The lowest BCUT2D eigenvalue weighted by Gasteiger charge is -2.20. The largest absolute Gasteiger partial charge is 0.461 e. The van der Waals surface area contributed by atoms with Gasteiger partial charge in [-0.1, -0.05) is 30.3 Å². The molecule has 1 aromatic rings. The minimum absolute atomic E-state index is 0.110. The molecule has 0 bridgehead atoms. The summed E-state index contributed by atoms with van der Waals surface area (Å²) in [5, 5.41) is 9.80. The molecule has 16 heavy (non-hydrogen) atoms. The molecular weight excluding hydrogens is 208 g/mol. The van der Waals surface area contributed by atoms with E-state index in [1.807, 2.05) is 30.3 Å². The molecule has 0 saturated carbocycles. The van der Waals surface area contributed by atoms with Gasteiger partial charge in [0.05, 0.1) is 6.61 Å². The fourth-order valence-corrected chi connectivity index (χ4v) is 1.57. The quantitative estimate of drug-likeness (QED) is 0.771. The molecule has 0 amide bonds. The molecule has 0 radical (unpaired) electrons. The van der Waals surface area contributed by atoms with Gasteiger partial charge in [-0.2, -0.15) is 0 Å². The van der Waals surface area contributed by atoms with Crippen LogP contribution in [0, 0.1) is 0 Å². The van der Waals surface area contributed by atoms with Gasteiger partial charge in [0.25, 0.3) is 0 Å². The zero-order valence-corrected chi connectivity index (χ0v) is 9.05. The number of cyclic esters (lactones) is 1. The van der Waals surface area contributed by atoms with Crippen molar-refractivity contribution in [1.29, 1.82) is 0 Å². The molecule has 0 aliphatic carbocycles. The van der Waals surface area contributed by atoms with E-state index in [1.54, 1.807) is 0 Å². The second kappa shape index (κ2) is 4.23. The van der Waals surface area contributed by atoms with E-state index in [9.17, 15) is 9.90 Å². The summed E-state index contributed by atoms with van der Waals surface area (Å²) >= 11 is 0. The minimum atomic E-state index is -1.53. The van der Waals surface area contributed by atoms with E-state index in [0.717, 1.165) is 5.56 Å². The van der Waals surface area contributed by atoms with Crippen LogP contribution >= 0.6 is 0 Å². The van der Waals surface area contributed by atoms with Gasteiger partial charge in [-0.3, -0.25) is 0 Å². The SMILES string of the molecule is C[C@@]1(O)C(=O)OC[C@@H]1OCc1ccccc1. The molecule has 2 atom stereocenters. The Labute approximate surface area is 93.8 Å². The maximum atomic E-state index is 11.2. The first kappa shape index (κ1) is 11.1. The first-order valence-corrected chi connectivity index (χ1v) is 5.16. The number of ether oxygens (including phenoxy) is 2. The molecule has 1 N–H and O–H groups in total. The number of aliphatic hydroxyl groups is 1. The summed E-state index contributed by atoms with van der Waals surface area (Å²) in [5.41, 5.74) is -0.535. The predicted molar refractivity (Wildman–Crippen MR) is 56.6 cm³/mol. The van der Waals surface area contributed by atoms with Gasteiger partial charge < -0.3 is 14.6 Å². The summed E-state index contributed by atoms with van der Waals surface area (Å²) in [7, 11) is 0. The molecule has 1 aliphatic heterocycles. The van der Waals surface area contributed by atoms with Gasteiger partial charge in [0.2, 0.25) is 0 Å². The highest BCUT2D eigenvalue weighted by Gasteiger charge is 2.48. The third-order valence-electron chi connectivity index (χ3n) is 2.70. The average Bonchev–Trinajstić information content (AvgIpc) is 2.53. The van der Waals surface area contributed by atoms with Gasteiger partial charge in [-0.25, -0.2) is 4.79 Å². The summed E-state index contributed by atoms with van der Waals surface area (Å²) < 4.78 is 10.2. The molecule has 86 valence electrons. The monoisotopic (exact) mass is 222 g/mol. The first-order chi connectivity index (χ1) is 7.60. The normalized spacial score (nSPS) is 29.1. The highest BCUT2D eigenvalue weighted by molar-refractivity contribution is 5.81. The molecule has 0 spiro atoms. The van der Waals surface area contributed by atoms with E-state index in [2.05, 4.69) is 0 Å².